The zero-order chi connectivity index (χ0) is 22.7. The molecule has 168 valence electrons. The number of nitriles is 1. The summed E-state index contributed by atoms with van der Waals surface area (Å²) in [7, 11) is 0. The Morgan fingerprint density at radius 2 is 1.65 bits per heavy atom. The lowest BCUT2D eigenvalue weighted by atomic mass is 9.48. The number of thiazole rings is 1. The highest BCUT2D eigenvalue weighted by Crippen LogP contribution is 2.61. The number of hydrogen-bond donors (Lipinski definition) is 0. The number of rotatable bonds is 4. The van der Waals surface area contributed by atoms with E-state index in [0.717, 1.165) is 44.2 Å². The molecular formula is C29H26N4S. The Hall–Kier alpha value is -3.23. The van der Waals surface area contributed by atoms with Crippen LogP contribution in [0.25, 0.3) is 27.6 Å². The van der Waals surface area contributed by atoms with Crippen LogP contribution in [-0.2, 0) is 5.41 Å². The van der Waals surface area contributed by atoms with Crippen molar-refractivity contribution in [1.82, 2.24) is 14.8 Å². The van der Waals surface area contributed by atoms with Crippen LogP contribution >= 0.6 is 11.3 Å². The van der Waals surface area contributed by atoms with Crippen molar-refractivity contribution < 1.29 is 0 Å². The number of para-hydroxylation sites is 2. The first-order valence-electron chi connectivity index (χ1n) is 12.3. The molecule has 4 saturated carbocycles. The van der Waals surface area contributed by atoms with Gasteiger partial charge in [0.2, 0.25) is 0 Å². The number of benzene rings is 2. The molecule has 4 fully saturated rings. The highest BCUT2D eigenvalue weighted by atomic mass is 32.1. The molecule has 4 aliphatic rings. The molecule has 8 rings (SSSR count). The minimum atomic E-state index is 0.148. The molecule has 2 heterocycles. The van der Waals surface area contributed by atoms with E-state index in [1.54, 1.807) is 11.3 Å². The molecule has 0 N–H and O–H groups in total. The molecule has 0 radical (unpaired) electrons. The van der Waals surface area contributed by atoms with E-state index >= 15 is 0 Å². The van der Waals surface area contributed by atoms with E-state index in [2.05, 4.69) is 48.7 Å². The van der Waals surface area contributed by atoms with Gasteiger partial charge in [0.1, 0.15) is 11.1 Å². The van der Waals surface area contributed by atoms with Crippen LogP contribution in [0.4, 0.5) is 0 Å². The molecule has 4 nitrogen and oxygen atoms in total. The maximum Gasteiger partial charge on any atom is 0.135 e. The zero-order valence-electron chi connectivity index (χ0n) is 19.0. The summed E-state index contributed by atoms with van der Waals surface area (Å²) in [5.74, 6) is 2.51. The van der Waals surface area contributed by atoms with Crippen molar-refractivity contribution in [1.29, 1.82) is 5.26 Å². The summed E-state index contributed by atoms with van der Waals surface area (Å²) in [6.45, 7) is 0. The Morgan fingerprint density at radius 1 is 0.971 bits per heavy atom. The van der Waals surface area contributed by atoms with Crippen molar-refractivity contribution in [3.05, 3.63) is 77.1 Å². The Balaban J connectivity index is 1.38. The van der Waals surface area contributed by atoms with E-state index in [1.165, 1.54) is 44.2 Å². The van der Waals surface area contributed by atoms with Gasteiger partial charge in [0.15, 0.2) is 0 Å². The molecule has 0 atom stereocenters. The van der Waals surface area contributed by atoms with Gasteiger partial charge >= 0.3 is 0 Å². The fourth-order valence-electron chi connectivity index (χ4n) is 7.30. The Kier molecular flexibility index (Phi) is 4.54. The van der Waals surface area contributed by atoms with E-state index in [4.69, 9.17) is 10.1 Å². The number of aromatic nitrogens is 3. The van der Waals surface area contributed by atoms with Crippen molar-refractivity contribution in [3.8, 4) is 11.8 Å². The topological polar surface area (TPSA) is 54.5 Å². The number of hydrogen-bond acceptors (Lipinski definition) is 4. The molecule has 4 aliphatic carbocycles. The van der Waals surface area contributed by atoms with Gasteiger partial charge in [0.25, 0.3) is 0 Å². The molecule has 5 heteroatoms. The van der Waals surface area contributed by atoms with E-state index < -0.39 is 0 Å². The normalized spacial score (nSPS) is 27.9. The Bertz CT molecular complexity index is 1380. The van der Waals surface area contributed by atoms with Crippen LogP contribution in [0.3, 0.4) is 0 Å². The van der Waals surface area contributed by atoms with Crippen LogP contribution in [-0.4, -0.2) is 14.8 Å². The quantitative estimate of drug-likeness (QED) is 0.306. The van der Waals surface area contributed by atoms with Crippen molar-refractivity contribution in [2.75, 3.05) is 0 Å². The Labute approximate surface area is 203 Å². The van der Waals surface area contributed by atoms with Crippen LogP contribution in [0, 0.1) is 29.1 Å². The molecule has 2 aromatic carbocycles. The van der Waals surface area contributed by atoms with Crippen molar-refractivity contribution in [2.24, 2.45) is 17.8 Å². The maximum atomic E-state index is 10.1. The molecule has 0 unspecified atom stereocenters. The lowest BCUT2D eigenvalue weighted by Crippen LogP contribution is -2.49. The molecule has 0 saturated heterocycles. The summed E-state index contributed by atoms with van der Waals surface area (Å²) in [6, 6.07) is 20.9. The predicted octanol–water partition coefficient (Wildman–Crippen LogP) is 7.01. The summed E-state index contributed by atoms with van der Waals surface area (Å²) in [6.07, 6.45) is 12.1. The van der Waals surface area contributed by atoms with Crippen LogP contribution in [0.15, 0.2) is 60.8 Å². The van der Waals surface area contributed by atoms with Gasteiger partial charge in [-0.15, -0.1) is 11.3 Å². The highest BCUT2D eigenvalue weighted by molar-refractivity contribution is 7.19. The predicted molar refractivity (Wildman–Crippen MR) is 137 cm³/mol. The highest BCUT2D eigenvalue weighted by Gasteiger charge is 2.53. The summed E-state index contributed by atoms with van der Waals surface area (Å²) in [4.78, 5) is 4.77. The second kappa shape index (κ2) is 7.65. The first kappa shape index (κ1) is 20.2. The third kappa shape index (κ3) is 3.24. The first-order chi connectivity index (χ1) is 16.7. The second-order valence-corrected chi connectivity index (χ2v) is 11.6. The van der Waals surface area contributed by atoms with Gasteiger partial charge in [-0.25, -0.2) is 9.67 Å². The molecule has 2 aromatic heterocycles. The monoisotopic (exact) mass is 462 g/mol. The number of nitrogens with zero attached hydrogens (tertiary/aromatic N) is 4. The average Bonchev–Trinajstić information content (AvgIpc) is 3.47. The van der Waals surface area contributed by atoms with Crippen molar-refractivity contribution >= 4 is 33.2 Å². The van der Waals surface area contributed by atoms with Crippen molar-refractivity contribution in [3.63, 3.8) is 0 Å². The Morgan fingerprint density at radius 3 is 2.32 bits per heavy atom. The van der Waals surface area contributed by atoms with E-state index in [1.807, 2.05) is 28.9 Å². The third-order valence-corrected chi connectivity index (χ3v) is 9.32. The third-order valence-electron chi connectivity index (χ3n) is 8.25. The van der Waals surface area contributed by atoms with E-state index in [-0.39, 0.29) is 5.41 Å². The first-order valence-corrected chi connectivity index (χ1v) is 13.1. The molecule has 4 bridgehead atoms. The number of allylic oxidation sites excluding steroid dienone is 1. The summed E-state index contributed by atoms with van der Waals surface area (Å²) < 4.78 is 3.13. The fourth-order valence-corrected chi connectivity index (χ4v) is 8.24. The molecule has 0 spiro atoms. The zero-order valence-corrected chi connectivity index (χ0v) is 19.8. The van der Waals surface area contributed by atoms with Crippen LogP contribution in [0.2, 0.25) is 0 Å². The van der Waals surface area contributed by atoms with Gasteiger partial charge in [-0.1, -0.05) is 30.3 Å². The summed E-state index contributed by atoms with van der Waals surface area (Å²) in [5.41, 5.74) is 5.07. The molecule has 4 aromatic rings. The van der Waals surface area contributed by atoms with Crippen molar-refractivity contribution in [2.45, 2.75) is 43.9 Å². The summed E-state index contributed by atoms with van der Waals surface area (Å²) in [5, 5.41) is 16.2. The second-order valence-electron chi connectivity index (χ2n) is 10.6. The lowest BCUT2D eigenvalue weighted by molar-refractivity contribution is -0.00742. The number of fused-ring (bicyclic) bond motifs is 1. The van der Waals surface area contributed by atoms with E-state index in [9.17, 15) is 5.26 Å². The largest absolute Gasteiger partial charge is 0.240 e. The maximum absolute atomic E-state index is 10.1. The van der Waals surface area contributed by atoms with Gasteiger partial charge < -0.3 is 0 Å². The van der Waals surface area contributed by atoms with Gasteiger partial charge in [-0.2, -0.15) is 10.4 Å². The smallest absolute Gasteiger partial charge is 0.135 e. The van der Waals surface area contributed by atoms with Crippen LogP contribution in [0.5, 0.6) is 0 Å². The summed E-state index contributed by atoms with van der Waals surface area (Å²) >= 11 is 1.59. The fraction of sp³-hybridized carbons (Fsp3) is 0.345. The van der Waals surface area contributed by atoms with Gasteiger partial charge in [-0.05, 0) is 86.6 Å². The van der Waals surface area contributed by atoms with Gasteiger partial charge in [0, 0.05) is 17.2 Å². The van der Waals surface area contributed by atoms with Crippen LogP contribution in [0.1, 0.15) is 54.8 Å². The standard InChI is InChI=1S/C29H26N4S/c30-17-22(28-31-25-8-4-5-9-26(25)34-28)13-23-18-33(24-6-2-1-3-7-24)32-27(23)29-14-19-10-20(15-29)12-21(11-19)16-29/h1-9,13,18-21H,10-12,14-16H2. The van der Waals surface area contributed by atoms with Gasteiger partial charge in [-0.3, -0.25) is 0 Å². The SMILES string of the molecule is N#CC(=Cc1cn(-c2ccccc2)nc1C12CC3CC(CC(C3)C1)C2)c1nc2ccccc2s1. The lowest BCUT2D eigenvalue weighted by Gasteiger charge is -2.56. The van der Waals surface area contributed by atoms with Crippen LogP contribution < -0.4 is 0 Å². The molecule has 34 heavy (non-hydrogen) atoms. The van der Waals surface area contributed by atoms with Gasteiger partial charge in [0.05, 0.1) is 27.2 Å². The van der Waals surface area contributed by atoms with E-state index in [0.29, 0.717) is 5.57 Å². The molecular weight excluding hydrogens is 436 g/mol. The minimum Gasteiger partial charge on any atom is -0.240 e. The minimum absolute atomic E-state index is 0.148. The molecule has 0 aliphatic heterocycles. The average molecular weight is 463 g/mol. The molecule has 0 amide bonds.